The monoisotopic (exact) mass is 181 g/mol. The molecule has 0 amide bonds. The fraction of sp³-hybridized carbons (Fsp3) is 0.778. The van der Waals surface area contributed by atoms with Crippen molar-refractivity contribution in [1.82, 2.24) is 14.8 Å². The van der Waals surface area contributed by atoms with Crippen LogP contribution in [0.1, 0.15) is 27.7 Å². The Hall–Kier alpha value is -0.900. The summed E-state index contributed by atoms with van der Waals surface area (Å²) in [6.45, 7) is 8.52. The predicted octanol–water partition coefficient (Wildman–Crippen LogP) is 1.40. The van der Waals surface area contributed by atoms with Gasteiger partial charge < -0.3 is 4.74 Å². The minimum absolute atomic E-state index is 0.0418. The van der Waals surface area contributed by atoms with Crippen LogP contribution >= 0.6 is 0 Å². The van der Waals surface area contributed by atoms with Crippen LogP contribution in [0, 0.1) is 5.41 Å². The van der Waals surface area contributed by atoms with E-state index in [1.807, 2.05) is 4.68 Å². The third kappa shape index (κ3) is 1.01. The number of rotatable bonds is 1. The molecule has 0 spiro atoms. The zero-order chi connectivity index (χ0) is 9.69. The first-order valence-electron chi connectivity index (χ1n) is 4.51. The van der Waals surface area contributed by atoms with Crippen molar-refractivity contribution < 1.29 is 4.74 Å². The molecule has 2 atom stereocenters. The molecule has 1 aliphatic heterocycles. The summed E-state index contributed by atoms with van der Waals surface area (Å²) in [5.41, 5.74) is -0.246. The van der Waals surface area contributed by atoms with Gasteiger partial charge in [0.1, 0.15) is 18.8 Å². The molecule has 72 valence electrons. The van der Waals surface area contributed by atoms with Gasteiger partial charge in [-0.15, -0.1) is 0 Å². The molecule has 1 aliphatic rings. The fourth-order valence-corrected chi connectivity index (χ4v) is 1.99. The molecular formula is C9H15N3O. The van der Waals surface area contributed by atoms with Gasteiger partial charge in [-0.1, -0.05) is 20.8 Å². The van der Waals surface area contributed by atoms with Gasteiger partial charge in [0.2, 0.25) is 0 Å². The van der Waals surface area contributed by atoms with Gasteiger partial charge in [-0.05, 0) is 6.92 Å². The molecular weight excluding hydrogens is 166 g/mol. The normalized spacial score (nSPS) is 33.4. The van der Waals surface area contributed by atoms with Gasteiger partial charge in [0.15, 0.2) is 5.72 Å². The van der Waals surface area contributed by atoms with Crippen molar-refractivity contribution in [2.24, 2.45) is 5.41 Å². The largest absolute Gasteiger partial charge is 0.342 e. The first-order valence-corrected chi connectivity index (χ1v) is 4.51. The molecule has 1 aromatic rings. The third-order valence-corrected chi connectivity index (χ3v) is 2.68. The summed E-state index contributed by atoms with van der Waals surface area (Å²) in [5, 5.41) is 4.15. The summed E-state index contributed by atoms with van der Waals surface area (Å²) in [5.74, 6) is 0. The van der Waals surface area contributed by atoms with Gasteiger partial charge in [-0.2, -0.15) is 5.10 Å². The smallest absolute Gasteiger partial charge is 0.193 e. The Kier molecular flexibility index (Phi) is 1.55. The highest BCUT2D eigenvalue weighted by atomic mass is 16.6. The van der Waals surface area contributed by atoms with E-state index in [0.29, 0.717) is 0 Å². The Morgan fingerprint density at radius 2 is 2.08 bits per heavy atom. The van der Waals surface area contributed by atoms with Crippen LogP contribution in [0.5, 0.6) is 0 Å². The van der Waals surface area contributed by atoms with Crippen LogP contribution in [0.2, 0.25) is 0 Å². The molecule has 0 radical (unpaired) electrons. The molecule has 0 aromatic carbocycles. The molecule has 1 fully saturated rings. The van der Waals surface area contributed by atoms with Crippen molar-refractivity contribution in [3.63, 3.8) is 0 Å². The van der Waals surface area contributed by atoms with E-state index >= 15 is 0 Å². The second-order valence-corrected chi connectivity index (χ2v) is 4.55. The molecule has 0 saturated carbocycles. The quantitative estimate of drug-likeness (QED) is 0.615. The highest BCUT2D eigenvalue weighted by molar-refractivity contribution is 5.02. The molecule has 13 heavy (non-hydrogen) atoms. The Labute approximate surface area is 77.9 Å². The Morgan fingerprint density at radius 3 is 2.38 bits per heavy atom. The maximum atomic E-state index is 5.67. The Balaban J connectivity index is 2.40. The lowest BCUT2D eigenvalue weighted by atomic mass is 9.85. The molecule has 4 nitrogen and oxygen atoms in total. The zero-order valence-electron chi connectivity index (χ0n) is 8.48. The van der Waals surface area contributed by atoms with Crippen molar-refractivity contribution in [3.05, 3.63) is 12.7 Å². The van der Waals surface area contributed by atoms with Crippen molar-refractivity contribution in [3.8, 4) is 0 Å². The van der Waals surface area contributed by atoms with E-state index in [0.717, 1.165) is 0 Å². The lowest BCUT2D eigenvalue weighted by molar-refractivity contribution is 0.0713. The number of ether oxygens (including phenoxy) is 1. The first kappa shape index (κ1) is 8.69. The second-order valence-electron chi connectivity index (χ2n) is 4.55. The third-order valence-electron chi connectivity index (χ3n) is 2.68. The second kappa shape index (κ2) is 2.32. The summed E-state index contributed by atoms with van der Waals surface area (Å²) in [6.07, 6.45) is 3.48. The Morgan fingerprint density at radius 1 is 1.46 bits per heavy atom. The predicted molar refractivity (Wildman–Crippen MR) is 48.0 cm³/mol. The molecule has 0 aliphatic carbocycles. The molecule has 4 heteroatoms. The summed E-state index contributed by atoms with van der Waals surface area (Å²) < 4.78 is 7.49. The first-order chi connectivity index (χ1) is 5.98. The van der Waals surface area contributed by atoms with E-state index in [2.05, 4.69) is 37.8 Å². The van der Waals surface area contributed by atoms with Gasteiger partial charge in [-0.3, -0.25) is 0 Å². The average Bonchev–Trinajstić information content (AvgIpc) is 2.47. The maximum Gasteiger partial charge on any atom is 0.193 e. The molecule has 0 bridgehead atoms. The fourth-order valence-electron chi connectivity index (χ4n) is 1.99. The van der Waals surface area contributed by atoms with Gasteiger partial charge in [0.25, 0.3) is 0 Å². The SMILES string of the molecule is CC1OC1(n1cncn1)C(C)(C)C. The number of hydrogen-bond donors (Lipinski definition) is 0. The average molecular weight is 181 g/mol. The van der Waals surface area contributed by atoms with Crippen molar-refractivity contribution >= 4 is 0 Å². The van der Waals surface area contributed by atoms with E-state index in [1.54, 1.807) is 12.7 Å². The Bertz CT molecular complexity index is 301. The van der Waals surface area contributed by atoms with Crippen LogP contribution in [0.4, 0.5) is 0 Å². The number of epoxide rings is 1. The van der Waals surface area contributed by atoms with Gasteiger partial charge in [0, 0.05) is 5.41 Å². The molecule has 0 N–H and O–H groups in total. The van der Waals surface area contributed by atoms with Crippen LogP contribution in [0.25, 0.3) is 0 Å². The van der Waals surface area contributed by atoms with E-state index in [1.165, 1.54) is 0 Å². The van der Waals surface area contributed by atoms with Crippen molar-refractivity contribution in [2.45, 2.75) is 39.5 Å². The molecule has 2 rings (SSSR count). The highest BCUT2D eigenvalue weighted by Crippen LogP contribution is 2.53. The minimum Gasteiger partial charge on any atom is -0.342 e. The number of nitrogens with zero attached hydrogens (tertiary/aromatic N) is 3. The zero-order valence-corrected chi connectivity index (χ0v) is 8.48. The summed E-state index contributed by atoms with van der Waals surface area (Å²) in [4.78, 5) is 3.95. The summed E-state index contributed by atoms with van der Waals surface area (Å²) in [7, 11) is 0. The van der Waals surface area contributed by atoms with E-state index in [4.69, 9.17) is 4.74 Å². The van der Waals surface area contributed by atoms with E-state index in [9.17, 15) is 0 Å². The topological polar surface area (TPSA) is 43.2 Å². The van der Waals surface area contributed by atoms with Gasteiger partial charge in [0.05, 0.1) is 0 Å². The molecule has 2 heterocycles. The van der Waals surface area contributed by atoms with Crippen LogP contribution in [0.15, 0.2) is 12.7 Å². The van der Waals surface area contributed by atoms with Crippen LogP contribution < -0.4 is 0 Å². The van der Waals surface area contributed by atoms with Crippen molar-refractivity contribution in [1.29, 1.82) is 0 Å². The van der Waals surface area contributed by atoms with E-state index < -0.39 is 0 Å². The van der Waals surface area contributed by atoms with Gasteiger partial charge in [-0.25, -0.2) is 9.67 Å². The van der Waals surface area contributed by atoms with Crippen molar-refractivity contribution in [2.75, 3.05) is 0 Å². The summed E-state index contributed by atoms with van der Waals surface area (Å²) >= 11 is 0. The molecule has 1 saturated heterocycles. The minimum atomic E-state index is -0.288. The standard InChI is InChI=1S/C9H15N3O/c1-7-9(13-7,8(2,3)4)12-6-10-5-11-12/h5-7H,1-4H3. The van der Waals surface area contributed by atoms with Crippen LogP contribution in [-0.2, 0) is 10.5 Å². The van der Waals surface area contributed by atoms with Gasteiger partial charge >= 0.3 is 0 Å². The maximum absolute atomic E-state index is 5.67. The lowest BCUT2D eigenvalue weighted by Crippen LogP contribution is -2.36. The molecule has 2 unspecified atom stereocenters. The van der Waals surface area contributed by atoms with E-state index in [-0.39, 0.29) is 17.2 Å². The lowest BCUT2D eigenvalue weighted by Gasteiger charge is -2.27. The van der Waals surface area contributed by atoms with Crippen LogP contribution in [-0.4, -0.2) is 20.9 Å². The molecule has 1 aromatic heterocycles. The highest BCUT2D eigenvalue weighted by Gasteiger charge is 2.63. The number of hydrogen-bond acceptors (Lipinski definition) is 3. The summed E-state index contributed by atoms with van der Waals surface area (Å²) in [6, 6.07) is 0. The van der Waals surface area contributed by atoms with Crippen LogP contribution in [0.3, 0.4) is 0 Å². The number of aromatic nitrogens is 3.